The van der Waals surface area contributed by atoms with Gasteiger partial charge in [0.1, 0.15) is 11.5 Å². The van der Waals surface area contributed by atoms with E-state index >= 15 is 0 Å². The number of methoxy groups -OCH3 is 1. The minimum absolute atomic E-state index is 0.847. The minimum Gasteiger partial charge on any atom is -0.497 e. The summed E-state index contributed by atoms with van der Waals surface area (Å²) in [5.41, 5.74) is 0. The highest BCUT2D eigenvalue weighted by Crippen LogP contribution is 2.20. The van der Waals surface area contributed by atoms with Crippen molar-refractivity contribution < 1.29 is 9.47 Å². The van der Waals surface area contributed by atoms with Crippen LogP contribution in [-0.2, 0) is 0 Å². The number of benzene rings is 1. The lowest BCUT2D eigenvalue weighted by Gasteiger charge is -2.08. The average molecular weight is 206 g/mol. The molecular formula is C13H18O2. The number of allylic oxidation sites excluding steroid dienone is 2. The van der Waals surface area contributed by atoms with Crippen molar-refractivity contribution in [1.29, 1.82) is 0 Å². The number of hydrogen-bond donors (Lipinski definition) is 0. The normalized spacial score (nSPS) is 11.3. The molecule has 0 radical (unpaired) electrons. The molecule has 82 valence electrons. The Bertz CT molecular complexity index is 312. The Kier molecular flexibility index (Phi) is 4.75. The Morgan fingerprint density at radius 1 is 1.13 bits per heavy atom. The Morgan fingerprint density at radius 3 is 2.20 bits per heavy atom. The molecular weight excluding hydrogens is 188 g/mol. The summed E-state index contributed by atoms with van der Waals surface area (Å²) in [5.74, 6) is 2.72. The van der Waals surface area contributed by atoms with Gasteiger partial charge in [0.05, 0.1) is 12.9 Å². The molecule has 2 heteroatoms. The third-order valence-electron chi connectivity index (χ3n) is 2.09. The van der Waals surface area contributed by atoms with Crippen molar-refractivity contribution in [3.05, 3.63) is 36.1 Å². The van der Waals surface area contributed by atoms with E-state index in [4.69, 9.17) is 9.47 Å². The maximum atomic E-state index is 5.71. The van der Waals surface area contributed by atoms with E-state index in [9.17, 15) is 0 Å². The van der Waals surface area contributed by atoms with Gasteiger partial charge in [-0.25, -0.2) is 0 Å². The summed E-state index contributed by atoms with van der Waals surface area (Å²) < 4.78 is 10.8. The van der Waals surface area contributed by atoms with Gasteiger partial charge in [0.25, 0.3) is 0 Å². The Hall–Kier alpha value is -1.44. The topological polar surface area (TPSA) is 18.5 Å². The van der Waals surface area contributed by atoms with E-state index in [-0.39, 0.29) is 0 Å². The first-order valence-corrected chi connectivity index (χ1v) is 5.31. The van der Waals surface area contributed by atoms with E-state index in [2.05, 4.69) is 19.9 Å². The van der Waals surface area contributed by atoms with E-state index in [1.807, 2.05) is 24.3 Å². The van der Waals surface area contributed by atoms with Gasteiger partial charge in [0, 0.05) is 6.42 Å². The summed E-state index contributed by atoms with van der Waals surface area (Å²) >= 11 is 0. The third kappa shape index (κ3) is 3.66. The molecule has 0 atom stereocenters. The maximum absolute atomic E-state index is 5.71. The Balaban J connectivity index is 2.67. The highest BCUT2D eigenvalue weighted by molar-refractivity contribution is 5.32. The third-order valence-corrected chi connectivity index (χ3v) is 2.09. The number of rotatable bonds is 5. The van der Waals surface area contributed by atoms with Gasteiger partial charge in [-0.15, -0.1) is 0 Å². The molecule has 0 N–H and O–H groups in total. The molecule has 1 aromatic carbocycles. The molecule has 0 aliphatic rings. The summed E-state index contributed by atoms with van der Waals surface area (Å²) in [4.78, 5) is 0. The molecule has 2 nitrogen and oxygen atoms in total. The standard InChI is InChI=1S/C13H18O2/c1-4-6-11(5-2)15-13-9-7-12(14-3)8-10-13/h6-10H,4-5H2,1-3H3/b11-6-. The van der Waals surface area contributed by atoms with E-state index < -0.39 is 0 Å². The van der Waals surface area contributed by atoms with Gasteiger partial charge in [0.2, 0.25) is 0 Å². The second-order valence-corrected chi connectivity index (χ2v) is 3.21. The van der Waals surface area contributed by atoms with Gasteiger partial charge in [-0.1, -0.05) is 13.8 Å². The van der Waals surface area contributed by atoms with Gasteiger partial charge in [-0.3, -0.25) is 0 Å². The second-order valence-electron chi connectivity index (χ2n) is 3.21. The van der Waals surface area contributed by atoms with Gasteiger partial charge in [-0.05, 0) is 36.8 Å². The Labute approximate surface area is 91.5 Å². The molecule has 0 saturated carbocycles. The Morgan fingerprint density at radius 2 is 1.73 bits per heavy atom. The lowest BCUT2D eigenvalue weighted by Crippen LogP contribution is -1.93. The molecule has 0 aromatic heterocycles. The van der Waals surface area contributed by atoms with E-state index in [1.165, 1.54) is 0 Å². The average Bonchev–Trinajstić information content (AvgIpc) is 2.29. The van der Waals surface area contributed by atoms with Crippen LogP contribution in [0.25, 0.3) is 0 Å². The summed E-state index contributed by atoms with van der Waals surface area (Å²) in [6, 6.07) is 7.62. The van der Waals surface area contributed by atoms with E-state index in [1.54, 1.807) is 7.11 Å². The van der Waals surface area contributed by atoms with Crippen LogP contribution in [0.1, 0.15) is 26.7 Å². The smallest absolute Gasteiger partial charge is 0.127 e. The second kappa shape index (κ2) is 6.12. The predicted molar refractivity (Wildman–Crippen MR) is 62.3 cm³/mol. The van der Waals surface area contributed by atoms with Crippen molar-refractivity contribution in [1.82, 2.24) is 0 Å². The first-order valence-electron chi connectivity index (χ1n) is 5.31. The zero-order valence-electron chi connectivity index (χ0n) is 9.62. The molecule has 15 heavy (non-hydrogen) atoms. The fourth-order valence-electron chi connectivity index (χ4n) is 1.28. The van der Waals surface area contributed by atoms with Crippen LogP contribution < -0.4 is 9.47 Å². The van der Waals surface area contributed by atoms with Crippen molar-refractivity contribution in [2.24, 2.45) is 0 Å². The molecule has 0 unspecified atom stereocenters. The molecule has 0 aliphatic heterocycles. The van der Waals surface area contributed by atoms with Crippen LogP contribution in [0.3, 0.4) is 0 Å². The van der Waals surface area contributed by atoms with Crippen LogP contribution in [0.5, 0.6) is 11.5 Å². The molecule has 0 fully saturated rings. The number of hydrogen-bond acceptors (Lipinski definition) is 2. The van der Waals surface area contributed by atoms with Crippen LogP contribution in [-0.4, -0.2) is 7.11 Å². The monoisotopic (exact) mass is 206 g/mol. The molecule has 0 bridgehead atoms. The fraction of sp³-hybridized carbons (Fsp3) is 0.385. The molecule has 0 heterocycles. The zero-order chi connectivity index (χ0) is 11.1. The SMILES string of the molecule is CC/C=C(/CC)Oc1ccc(OC)cc1. The van der Waals surface area contributed by atoms with Crippen molar-refractivity contribution in [2.45, 2.75) is 26.7 Å². The van der Waals surface area contributed by atoms with Crippen LogP contribution in [0.4, 0.5) is 0 Å². The molecule has 0 amide bonds. The lowest BCUT2D eigenvalue weighted by molar-refractivity contribution is 0.399. The summed E-state index contributed by atoms with van der Waals surface area (Å²) in [6.07, 6.45) is 4.02. The first kappa shape index (κ1) is 11.6. The summed E-state index contributed by atoms with van der Waals surface area (Å²) in [6.45, 7) is 4.19. The summed E-state index contributed by atoms with van der Waals surface area (Å²) in [7, 11) is 1.66. The van der Waals surface area contributed by atoms with Crippen LogP contribution in [0.2, 0.25) is 0 Å². The quantitative estimate of drug-likeness (QED) is 0.682. The zero-order valence-corrected chi connectivity index (χ0v) is 9.62. The van der Waals surface area contributed by atoms with Crippen molar-refractivity contribution in [3.8, 4) is 11.5 Å². The van der Waals surface area contributed by atoms with Gasteiger partial charge >= 0.3 is 0 Å². The van der Waals surface area contributed by atoms with Crippen molar-refractivity contribution in [2.75, 3.05) is 7.11 Å². The van der Waals surface area contributed by atoms with Crippen LogP contribution in [0.15, 0.2) is 36.1 Å². The van der Waals surface area contributed by atoms with Gasteiger partial charge in [0.15, 0.2) is 0 Å². The largest absolute Gasteiger partial charge is 0.497 e. The van der Waals surface area contributed by atoms with Gasteiger partial charge < -0.3 is 9.47 Å². The molecule has 0 aliphatic carbocycles. The fourth-order valence-corrected chi connectivity index (χ4v) is 1.28. The van der Waals surface area contributed by atoms with Crippen LogP contribution >= 0.6 is 0 Å². The maximum Gasteiger partial charge on any atom is 0.127 e. The first-order chi connectivity index (χ1) is 7.30. The molecule has 1 rings (SSSR count). The molecule has 0 spiro atoms. The summed E-state index contributed by atoms with van der Waals surface area (Å²) in [5, 5.41) is 0. The lowest BCUT2D eigenvalue weighted by atomic mass is 10.3. The van der Waals surface area contributed by atoms with Crippen molar-refractivity contribution in [3.63, 3.8) is 0 Å². The highest BCUT2D eigenvalue weighted by atomic mass is 16.5. The van der Waals surface area contributed by atoms with E-state index in [0.29, 0.717) is 0 Å². The minimum atomic E-state index is 0.847. The van der Waals surface area contributed by atoms with Gasteiger partial charge in [-0.2, -0.15) is 0 Å². The molecule has 1 aromatic rings. The van der Waals surface area contributed by atoms with Crippen LogP contribution in [0, 0.1) is 0 Å². The highest BCUT2D eigenvalue weighted by Gasteiger charge is 1.98. The van der Waals surface area contributed by atoms with E-state index in [0.717, 1.165) is 30.1 Å². The number of ether oxygens (including phenoxy) is 2. The van der Waals surface area contributed by atoms with Crippen molar-refractivity contribution >= 4 is 0 Å². The predicted octanol–water partition coefficient (Wildman–Crippen LogP) is 3.78. The molecule has 0 saturated heterocycles.